The predicted molar refractivity (Wildman–Crippen MR) is 128 cm³/mol. The summed E-state index contributed by atoms with van der Waals surface area (Å²) in [5, 5.41) is 31.5. The number of hydrogen-bond donors (Lipinski definition) is 3. The summed E-state index contributed by atoms with van der Waals surface area (Å²) in [6, 6.07) is 29.5. The van der Waals surface area contributed by atoms with Crippen LogP contribution in [0.15, 0.2) is 104 Å². The standard InChI is InChI=1S/C28H30O6/c1-2-18-32-26-24(29)23(34-27(31)25(26)30)19-33-28(20-12-6-3-7-13-20,21-14-8-4-9-15-21)22-16-10-5-11-17-22/h2-17,23-27,29-31H,1,18-19H2/t23-,24-,25+,26+,27+/m1/s1. The Kier molecular flexibility index (Phi) is 7.90. The average Bonchev–Trinajstić information content (AvgIpc) is 2.89. The fraction of sp³-hybridized carbons (Fsp3) is 0.286. The lowest BCUT2D eigenvalue weighted by Crippen LogP contribution is -2.60. The van der Waals surface area contributed by atoms with Crippen LogP contribution >= 0.6 is 0 Å². The molecule has 178 valence electrons. The molecule has 1 aliphatic heterocycles. The van der Waals surface area contributed by atoms with Gasteiger partial charge in [-0.15, -0.1) is 6.58 Å². The van der Waals surface area contributed by atoms with Gasteiger partial charge in [-0.25, -0.2) is 0 Å². The molecular weight excluding hydrogens is 432 g/mol. The van der Waals surface area contributed by atoms with Gasteiger partial charge in [0, 0.05) is 0 Å². The SMILES string of the molecule is C=CCO[C@@H]1[C@H](O)[C@@H](O)O[C@H](COC(c2ccccc2)(c2ccccc2)c2ccccc2)[C@H]1O. The summed E-state index contributed by atoms with van der Waals surface area (Å²) in [5.74, 6) is 0. The van der Waals surface area contributed by atoms with Crippen LogP contribution in [0.25, 0.3) is 0 Å². The molecule has 0 unspecified atom stereocenters. The van der Waals surface area contributed by atoms with Gasteiger partial charge in [-0.05, 0) is 16.7 Å². The van der Waals surface area contributed by atoms with Crippen molar-refractivity contribution in [3.63, 3.8) is 0 Å². The molecule has 34 heavy (non-hydrogen) atoms. The van der Waals surface area contributed by atoms with Crippen molar-refractivity contribution in [2.75, 3.05) is 13.2 Å². The zero-order chi connectivity index (χ0) is 24.0. The van der Waals surface area contributed by atoms with E-state index in [4.69, 9.17) is 14.2 Å². The van der Waals surface area contributed by atoms with Gasteiger partial charge in [-0.2, -0.15) is 0 Å². The van der Waals surface area contributed by atoms with Crippen molar-refractivity contribution >= 4 is 0 Å². The molecule has 0 spiro atoms. The quantitative estimate of drug-likeness (QED) is 0.335. The van der Waals surface area contributed by atoms with Crippen LogP contribution < -0.4 is 0 Å². The minimum atomic E-state index is -1.52. The van der Waals surface area contributed by atoms with Crippen molar-refractivity contribution < 1.29 is 29.5 Å². The second-order valence-corrected chi connectivity index (χ2v) is 8.22. The van der Waals surface area contributed by atoms with Gasteiger partial charge < -0.3 is 29.5 Å². The summed E-state index contributed by atoms with van der Waals surface area (Å²) in [7, 11) is 0. The molecule has 4 rings (SSSR count). The summed E-state index contributed by atoms with van der Waals surface area (Å²) in [6.45, 7) is 3.64. The zero-order valence-electron chi connectivity index (χ0n) is 18.8. The second-order valence-electron chi connectivity index (χ2n) is 8.22. The van der Waals surface area contributed by atoms with Crippen LogP contribution in [0.3, 0.4) is 0 Å². The van der Waals surface area contributed by atoms with Gasteiger partial charge in [0.25, 0.3) is 0 Å². The van der Waals surface area contributed by atoms with Crippen LogP contribution in [0.4, 0.5) is 0 Å². The fourth-order valence-electron chi connectivity index (χ4n) is 4.41. The van der Waals surface area contributed by atoms with Crippen LogP contribution in [0.1, 0.15) is 16.7 Å². The first-order chi connectivity index (χ1) is 16.6. The van der Waals surface area contributed by atoms with E-state index < -0.39 is 36.3 Å². The summed E-state index contributed by atoms with van der Waals surface area (Å²) in [5.41, 5.74) is 1.69. The van der Waals surface area contributed by atoms with E-state index >= 15 is 0 Å². The maximum atomic E-state index is 10.9. The van der Waals surface area contributed by atoms with Gasteiger partial charge in [0.05, 0.1) is 13.2 Å². The third-order valence-corrected chi connectivity index (χ3v) is 6.07. The van der Waals surface area contributed by atoms with Crippen molar-refractivity contribution in [1.82, 2.24) is 0 Å². The number of rotatable bonds is 9. The van der Waals surface area contributed by atoms with Crippen LogP contribution in [0, 0.1) is 0 Å². The topological polar surface area (TPSA) is 88.4 Å². The highest BCUT2D eigenvalue weighted by atomic mass is 16.7. The third-order valence-electron chi connectivity index (χ3n) is 6.07. The van der Waals surface area contributed by atoms with Crippen LogP contribution in [-0.2, 0) is 19.8 Å². The number of benzene rings is 3. The molecule has 1 fully saturated rings. The minimum absolute atomic E-state index is 0.0718. The molecule has 0 aliphatic carbocycles. The smallest absolute Gasteiger partial charge is 0.184 e. The molecular formula is C28H30O6. The molecule has 0 amide bonds. The Morgan fingerprint density at radius 1 is 0.765 bits per heavy atom. The molecule has 0 saturated carbocycles. The van der Waals surface area contributed by atoms with Gasteiger partial charge >= 0.3 is 0 Å². The monoisotopic (exact) mass is 462 g/mol. The highest BCUT2D eigenvalue weighted by Crippen LogP contribution is 2.41. The van der Waals surface area contributed by atoms with Crippen molar-refractivity contribution in [3.05, 3.63) is 120 Å². The van der Waals surface area contributed by atoms with Gasteiger partial charge in [0.2, 0.25) is 0 Å². The lowest BCUT2D eigenvalue weighted by atomic mass is 9.80. The highest BCUT2D eigenvalue weighted by Gasteiger charge is 2.46. The zero-order valence-corrected chi connectivity index (χ0v) is 18.8. The highest BCUT2D eigenvalue weighted by molar-refractivity contribution is 5.47. The molecule has 3 aromatic carbocycles. The van der Waals surface area contributed by atoms with Gasteiger partial charge in [0.1, 0.15) is 30.0 Å². The number of aliphatic hydroxyl groups is 3. The van der Waals surface area contributed by atoms with E-state index in [1.165, 1.54) is 6.08 Å². The molecule has 1 aliphatic rings. The van der Waals surface area contributed by atoms with Gasteiger partial charge in [-0.3, -0.25) is 0 Å². The Balaban J connectivity index is 1.73. The summed E-state index contributed by atoms with van der Waals surface area (Å²) < 4.78 is 17.8. The third kappa shape index (κ3) is 4.83. The lowest BCUT2D eigenvalue weighted by Gasteiger charge is -2.42. The predicted octanol–water partition coefficient (Wildman–Crippen LogP) is 3.01. The number of hydrogen-bond acceptors (Lipinski definition) is 6. The van der Waals surface area contributed by atoms with E-state index in [0.717, 1.165) is 16.7 Å². The molecule has 6 nitrogen and oxygen atoms in total. The maximum Gasteiger partial charge on any atom is 0.184 e. The summed E-state index contributed by atoms with van der Waals surface area (Å²) in [6.07, 6.45) is -4.62. The van der Waals surface area contributed by atoms with Gasteiger partial charge in [0.15, 0.2) is 6.29 Å². The Morgan fingerprint density at radius 3 is 1.68 bits per heavy atom. The molecule has 6 heteroatoms. The molecule has 3 N–H and O–H groups in total. The van der Waals surface area contributed by atoms with Crippen molar-refractivity contribution in [1.29, 1.82) is 0 Å². The summed E-state index contributed by atoms with van der Waals surface area (Å²) >= 11 is 0. The van der Waals surface area contributed by atoms with Gasteiger partial charge in [-0.1, -0.05) is 97.1 Å². The molecule has 0 bridgehead atoms. The van der Waals surface area contributed by atoms with E-state index in [1.807, 2.05) is 91.0 Å². The van der Waals surface area contributed by atoms with E-state index in [2.05, 4.69) is 6.58 Å². The first kappa shape index (κ1) is 24.3. The molecule has 0 aromatic heterocycles. The van der Waals surface area contributed by atoms with E-state index in [1.54, 1.807) is 0 Å². The van der Waals surface area contributed by atoms with Crippen LogP contribution in [0.2, 0.25) is 0 Å². The van der Waals surface area contributed by atoms with Crippen LogP contribution in [0.5, 0.6) is 0 Å². The van der Waals surface area contributed by atoms with E-state index in [0.29, 0.717) is 0 Å². The first-order valence-corrected chi connectivity index (χ1v) is 11.3. The number of ether oxygens (including phenoxy) is 3. The Hall–Kier alpha value is -2.84. The first-order valence-electron chi connectivity index (χ1n) is 11.3. The second kappa shape index (κ2) is 11.1. The minimum Gasteiger partial charge on any atom is -0.387 e. The molecule has 3 aromatic rings. The largest absolute Gasteiger partial charge is 0.387 e. The van der Waals surface area contributed by atoms with Crippen molar-refractivity contribution in [2.24, 2.45) is 0 Å². The number of aliphatic hydroxyl groups excluding tert-OH is 3. The molecule has 5 atom stereocenters. The summed E-state index contributed by atoms with van der Waals surface area (Å²) in [4.78, 5) is 0. The van der Waals surface area contributed by atoms with E-state index in [9.17, 15) is 15.3 Å². The van der Waals surface area contributed by atoms with Crippen molar-refractivity contribution in [3.8, 4) is 0 Å². The Bertz CT molecular complexity index is 930. The normalized spacial score (nSPS) is 25.1. The Morgan fingerprint density at radius 2 is 1.24 bits per heavy atom. The van der Waals surface area contributed by atoms with E-state index in [-0.39, 0.29) is 13.2 Å². The lowest BCUT2D eigenvalue weighted by molar-refractivity contribution is -0.297. The van der Waals surface area contributed by atoms with Crippen molar-refractivity contribution in [2.45, 2.75) is 36.3 Å². The fourth-order valence-corrected chi connectivity index (χ4v) is 4.41. The molecule has 1 saturated heterocycles. The molecule has 1 heterocycles. The maximum absolute atomic E-state index is 10.9. The average molecular weight is 463 g/mol. The van der Waals surface area contributed by atoms with Crippen LogP contribution in [-0.4, -0.2) is 59.2 Å². The Labute approximate surface area is 199 Å². The molecule has 0 radical (unpaired) electrons.